The molecule has 0 aliphatic carbocycles. The number of hydrogen-bond donors (Lipinski definition) is 1. The second-order valence-electron chi connectivity index (χ2n) is 5.13. The van der Waals surface area contributed by atoms with Gasteiger partial charge in [0, 0.05) is 12.1 Å². The smallest absolute Gasteiger partial charge is 0.287 e. The lowest BCUT2D eigenvalue weighted by Gasteiger charge is -2.13. The van der Waals surface area contributed by atoms with Gasteiger partial charge in [0.2, 0.25) is 0 Å². The summed E-state index contributed by atoms with van der Waals surface area (Å²) < 4.78 is 0. The van der Waals surface area contributed by atoms with Crippen molar-refractivity contribution in [3.8, 4) is 0 Å². The number of nitro groups is 1. The van der Waals surface area contributed by atoms with Crippen molar-refractivity contribution in [2.24, 2.45) is 0 Å². The molecular weight excluding hydrogens is 254 g/mol. The van der Waals surface area contributed by atoms with Crippen LogP contribution in [0.4, 0.5) is 0 Å². The summed E-state index contributed by atoms with van der Waals surface area (Å²) in [4.78, 5) is 13.3. The highest BCUT2D eigenvalue weighted by Crippen LogP contribution is 2.14. The molecule has 5 nitrogen and oxygen atoms in total. The lowest BCUT2D eigenvalue weighted by atomic mass is 10.1. The first-order valence-corrected chi connectivity index (χ1v) is 7.68. The zero-order valence-corrected chi connectivity index (χ0v) is 12.7. The number of hydrogen-bond acceptors (Lipinski definition) is 4. The largest absolute Gasteiger partial charge is 0.385 e. The molecule has 0 saturated carbocycles. The van der Waals surface area contributed by atoms with Crippen LogP contribution in [0.3, 0.4) is 0 Å². The summed E-state index contributed by atoms with van der Waals surface area (Å²) >= 11 is 0. The Labute approximate surface area is 121 Å². The first-order chi connectivity index (χ1) is 9.69. The molecule has 0 bridgehead atoms. The van der Waals surface area contributed by atoms with Crippen LogP contribution >= 0.6 is 0 Å². The van der Waals surface area contributed by atoms with Crippen molar-refractivity contribution in [3.63, 3.8) is 0 Å². The van der Waals surface area contributed by atoms with Crippen LogP contribution in [-0.4, -0.2) is 36.0 Å². The summed E-state index contributed by atoms with van der Waals surface area (Å²) in [5.41, 5.74) is 1.01. The standard InChI is InChI=1S/C15H27N3O2/c1-3-8-14(4-2)15(18(19)20)13-16-9-7-12-17-10-5-6-11-17/h8,13,16H,3-7,9-12H2,1-2H3/b14-8+,15-13+. The van der Waals surface area contributed by atoms with Crippen molar-refractivity contribution in [1.82, 2.24) is 10.2 Å². The van der Waals surface area contributed by atoms with Crippen LogP contribution in [0.5, 0.6) is 0 Å². The Hall–Kier alpha value is -1.36. The van der Waals surface area contributed by atoms with E-state index in [0.29, 0.717) is 6.42 Å². The van der Waals surface area contributed by atoms with E-state index in [1.54, 1.807) is 6.20 Å². The molecule has 0 spiro atoms. The Bertz CT molecular complexity index is 358. The number of nitrogens with zero attached hydrogens (tertiary/aromatic N) is 2. The highest BCUT2D eigenvalue weighted by molar-refractivity contribution is 5.24. The van der Waals surface area contributed by atoms with Crippen LogP contribution in [-0.2, 0) is 0 Å². The maximum absolute atomic E-state index is 11.1. The lowest BCUT2D eigenvalue weighted by Crippen LogP contribution is -2.23. The summed E-state index contributed by atoms with van der Waals surface area (Å²) in [6, 6.07) is 0. The summed E-state index contributed by atoms with van der Waals surface area (Å²) in [6.45, 7) is 8.23. The van der Waals surface area contributed by atoms with Crippen LogP contribution in [0.2, 0.25) is 0 Å². The number of allylic oxidation sites excluding steroid dienone is 2. The van der Waals surface area contributed by atoms with Gasteiger partial charge in [0.05, 0.1) is 11.1 Å². The Morgan fingerprint density at radius 3 is 2.60 bits per heavy atom. The van der Waals surface area contributed by atoms with Crippen molar-refractivity contribution in [2.75, 3.05) is 26.2 Å². The van der Waals surface area contributed by atoms with Crippen LogP contribution in [0.1, 0.15) is 46.0 Å². The second kappa shape index (κ2) is 9.53. The average molecular weight is 281 g/mol. The average Bonchev–Trinajstić information content (AvgIpc) is 2.93. The highest BCUT2D eigenvalue weighted by atomic mass is 16.6. The molecular formula is C15H27N3O2. The normalized spacial score (nSPS) is 17.5. The van der Waals surface area contributed by atoms with Gasteiger partial charge in [0.25, 0.3) is 5.70 Å². The zero-order chi connectivity index (χ0) is 14.8. The van der Waals surface area contributed by atoms with E-state index in [2.05, 4.69) is 10.2 Å². The fraction of sp³-hybridized carbons (Fsp3) is 0.733. The molecule has 1 heterocycles. The molecule has 1 fully saturated rings. The maximum Gasteiger partial charge on any atom is 0.287 e. The minimum atomic E-state index is -0.293. The van der Waals surface area contributed by atoms with Gasteiger partial charge in [-0.15, -0.1) is 0 Å². The van der Waals surface area contributed by atoms with E-state index in [0.717, 1.165) is 31.5 Å². The molecule has 0 atom stereocenters. The summed E-state index contributed by atoms with van der Waals surface area (Å²) in [5.74, 6) is 0. The minimum Gasteiger partial charge on any atom is -0.385 e. The third kappa shape index (κ3) is 5.74. The van der Waals surface area contributed by atoms with Gasteiger partial charge in [-0.1, -0.05) is 19.9 Å². The Balaban J connectivity index is 2.38. The van der Waals surface area contributed by atoms with Crippen LogP contribution in [0.25, 0.3) is 0 Å². The van der Waals surface area contributed by atoms with Gasteiger partial charge >= 0.3 is 0 Å². The monoisotopic (exact) mass is 281 g/mol. The van der Waals surface area contributed by atoms with Gasteiger partial charge in [-0.05, 0) is 51.7 Å². The Morgan fingerprint density at radius 1 is 1.35 bits per heavy atom. The van der Waals surface area contributed by atoms with E-state index in [1.807, 2.05) is 19.9 Å². The minimum absolute atomic E-state index is 0.204. The molecule has 0 unspecified atom stereocenters. The van der Waals surface area contributed by atoms with Crippen LogP contribution in [0.15, 0.2) is 23.5 Å². The molecule has 0 amide bonds. The van der Waals surface area contributed by atoms with E-state index >= 15 is 0 Å². The quantitative estimate of drug-likeness (QED) is 0.305. The fourth-order valence-corrected chi connectivity index (χ4v) is 2.52. The van der Waals surface area contributed by atoms with Gasteiger partial charge < -0.3 is 10.2 Å². The second-order valence-corrected chi connectivity index (χ2v) is 5.13. The summed E-state index contributed by atoms with van der Waals surface area (Å²) in [6.07, 6.45) is 8.65. The fourth-order valence-electron chi connectivity index (χ4n) is 2.52. The van der Waals surface area contributed by atoms with Gasteiger partial charge in [-0.25, -0.2) is 0 Å². The van der Waals surface area contributed by atoms with Crippen molar-refractivity contribution in [3.05, 3.63) is 33.7 Å². The van der Waals surface area contributed by atoms with Crippen molar-refractivity contribution in [1.29, 1.82) is 0 Å². The van der Waals surface area contributed by atoms with E-state index < -0.39 is 0 Å². The van der Waals surface area contributed by atoms with E-state index in [4.69, 9.17) is 0 Å². The van der Waals surface area contributed by atoms with Crippen LogP contribution in [0, 0.1) is 10.1 Å². The molecule has 0 aromatic heterocycles. The van der Waals surface area contributed by atoms with Crippen molar-refractivity contribution >= 4 is 0 Å². The SMILES string of the molecule is CC/C=C(CC)/C(=C\NCCCN1CCCC1)[N+](=O)[O-]. The molecule has 0 aromatic rings. The molecule has 20 heavy (non-hydrogen) atoms. The first-order valence-electron chi connectivity index (χ1n) is 7.68. The first kappa shape index (κ1) is 16.7. The highest BCUT2D eigenvalue weighted by Gasteiger charge is 2.15. The van der Waals surface area contributed by atoms with Crippen molar-refractivity contribution < 1.29 is 4.92 Å². The molecule has 0 radical (unpaired) electrons. The van der Waals surface area contributed by atoms with Crippen molar-refractivity contribution in [2.45, 2.75) is 46.0 Å². The third-order valence-electron chi connectivity index (χ3n) is 3.59. The van der Waals surface area contributed by atoms with Gasteiger partial charge in [0.15, 0.2) is 0 Å². The molecule has 1 aliphatic heterocycles. The summed E-state index contributed by atoms with van der Waals surface area (Å²) in [5, 5.41) is 14.2. The van der Waals surface area contributed by atoms with E-state index in [1.165, 1.54) is 25.9 Å². The van der Waals surface area contributed by atoms with Crippen LogP contribution < -0.4 is 5.32 Å². The van der Waals surface area contributed by atoms with E-state index in [9.17, 15) is 10.1 Å². The third-order valence-corrected chi connectivity index (χ3v) is 3.59. The van der Waals surface area contributed by atoms with Gasteiger partial charge in [-0.2, -0.15) is 0 Å². The molecule has 1 rings (SSSR count). The lowest BCUT2D eigenvalue weighted by molar-refractivity contribution is -0.421. The molecule has 5 heteroatoms. The summed E-state index contributed by atoms with van der Waals surface area (Å²) in [7, 11) is 0. The maximum atomic E-state index is 11.1. The molecule has 1 saturated heterocycles. The number of rotatable bonds is 9. The molecule has 0 aromatic carbocycles. The van der Waals surface area contributed by atoms with E-state index in [-0.39, 0.29) is 10.6 Å². The molecule has 1 aliphatic rings. The zero-order valence-electron chi connectivity index (χ0n) is 12.7. The number of likely N-dealkylation sites (tertiary alicyclic amines) is 1. The molecule has 114 valence electrons. The van der Waals surface area contributed by atoms with Gasteiger partial charge in [0.1, 0.15) is 0 Å². The number of nitrogens with one attached hydrogen (secondary N) is 1. The van der Waals surface area contributed by atoms with Gasteiger partial charge in [-0.3, -0.25) is 10.1 Å². The Morgan fingerprint density at radius 2 is 2.05 bits per heavy atom. The Kier molecular flexibility index (Phi) is 7.95. The topological polar surface area (TPSA) is 58.4 Å². The predicted octanol–water partition coefficient (Wildman–Crippen LogP) is 2.93. The molecule has 1 N–H and O–H groups in total. The predicted molar refractivity (Wildman–Crippen MR) is 82.0 cm³/mol.